The van der Waals surface area contributed by atoms with Crippen molar-refractivity contribution in [3.05, 3.63) is 90.0 Å². The zero-order valence-electron chi connectivity index (χ0n) is 20.1. The van der Waals surface area contributed by atoms with Gasteiger partial charge in [0, 0.05) is 11.1 Å². The molecule has 0 aliphatic rings. The van der Waals surface area contributed by atoms with Crippen LogP contribution in [0.1, 0.15) is 38.9 Å². The summed E-state index contributed by atoms with van der Waals surface area (Å²) in [5.74, 6) is -2.55. The van der Waals surface area contributed by atoms with E-state index in [2.05, 4.69) is 6.58 Å². The molecule has 0 aliphatic carbocycles. The molecule has 3 rings (SSSR count). The van der Waals surface area contributed by atoms with Crippen molar-refractivity contribution in [2.24, 2.45) is 0 Å². The minimum absolute atomic E-state index is 0.0117. The monoisotopic (exact) mass is 632 g/mol. The number of halogens is 4. The molecule has 0 radical (unpaired) electrons. The van der Waals surface area contributed by atoms with Crippen molar-refractivity contribution in [2.45, 2.75) is 13.3 Å². The Kier molecular flexibility index (Phi) is 12.3. The summed E-state index contributed by atoms with van der Waals surface area (Å²) < 4.78 is 9.93. The van der Waals surface area contributed by atoms with E-state index in [4.69, 9.17) is 66.1 Å². The number of carboxylic acid groups (broad SMARTS) is 2. The molecule has 0 amide bonds. The second-order valence-corrected chi connectivity index (χ2v) is 9.90. The second kappa shape index (κ2) is 14.9. The van der Waals surface area contributed by atoms with Gasteiger partial charge in [-0.15, -0.1) is 11.3 Å². The lowest BCUT2D eigenvalue weighted by molar-refractivity contribution is -0.140. The molecule has 2 aromatic carbocycles. The Labute approximate surface area is 247 Å². The third kappa shape index (κ3) is 8.71. The van der Waals surface area contributed by atoms with E-state index < -0.39 is 25.2 Å². The van der Waals surface area contributed by atoms with Gasteiger partial charge in [-0.1, -0.05) is 66.0 Å². The quantitative estimate of drug-likeness (QED) is 0.166. The third-order valence-electron chi connectivity index (χ3n) is 4.78. The summed E-state index contributed by atoms with van der Waals surface area (Å²) in [5, 5.41) is 19.0. The molecule has 0 saturated carbocycles. The summed E-state index contributed by atoms with van der Waals surface area (Å²) in [4.78, 5) is 45.5. The van der Waals surface area contributed by atoms with Gasteiger partial charge >= 0.3 is 11.9 Å². The van der Waals surface area contributed by atoms with Gasteiger partial charge in [-0.3, -0.25) is 9.59 Å². The number of thiophene rings is 1. The van der Waals surface area contributed by atoms with Crippen LogP contribution in [0.15, 0.2) is 53.9 Å². The number of benzene rings is 2. The molecule has 2 N–H and O–H groups in total. The summed E-state index contributed by atoms with van der Waals surface area (Å²) in [5.41, 5.74) is 0.889. The van der Waals surface area contributed by atoms with Crippen molar-refractivity contribution >= 4 is 81.2 Å². The van der Waals surface area contributed by atoms with E-state index >= 15 is 0 Å². The van der Waals surface area contributed by atoms with Crippen LogP contribution in [0.25, 0.3) is 0 Å². The number of ketones is 2. The van der Waals surface area contributed by atoms with Crippen LogP contribution in [0.3, 0.4) is 0 Å². The standard InChI is InChI=1S/C13H8Cl2O4S.C13H12Cl2O4/c14-11-7(13(18)9-2-1-5-20-9)3-4-8(12(11)15)19-6-10(16)17;1-3-7(2)13(18)8-4-5-9(12(15)11(8)14)19-6-10(16)17/h1-5H,6H2,(H,16,17);4-5H,2-3,6H2,1H3,(H,16,17). The normalized spacial score (nSPS) is 10.2. The minimum Gasteiger partial charge on any atom is -0.480 e. The smallest absolute Gasteiger partial charge is 0.341 e. The van der Waals surface area contributed by atoms with E-state index in [1.54, 1.807) is 24.4 Å². The SMILES string of the molecule is C=C(CC)C(=O)c1ccc(OCC(=O)O)c(Cl)c1Cl.O=C(O)COc1ccc(C(=O)c2cccs2)c(Cl)c1Cl. The number of carboxylic acids is 2. The summed E-state index contributed by atoms with van der Waals surface area (Å²) >= 11 is 25.3. The highest BCUT2D eigenvalue weighted by atomic mass is 35.5. The largest absolute Gasteiger partial charge is 0.480 e. The van der Waals surface area contributed by atoms with Crippen LogP contribution in [-0.2, 0) is 9.59 Å². The summed E-state index contributed by atoms with van der Waals surface area (Å²) in [6, 6.07) is 9.19. The summed E-state index contributed by atoms with van der Waals surface area (Å²) in [7, 11) is 0. The van der Waals surface area contributed by atoms with Crippen LogP contribution in [0.2, 0.25) is 20.1 Å². The molecular weight excluding hydrogens is 614 g/mol. The Bertz CT molecular complexity index is 1400. The maximum Gasteiger partial charge on any atom is 0.341 e. The molecule has 206 valence electrons. The number of carbonyl (C=O) groups excluding carboxylic acids is 2. The first kappa shape index (κ1) is 32.1. The number of Topliss-reactive ketones (excluding diaryl/α,β-unsaturated/α-hetero) is 1. The van der Waals surface area contributed by atoms with Crippen molar-refractivity contribution in [3.8, 4) is 11.5 Å². The molecule has 0 unspecified atom stereocenters. The highest BCUT2D eigenvalue weighted by Crippen LogP contribution is 2.37. The highest BCUT2D eigenvalue weighted by Gasteiger charge is 2.20. The maximum absolute atomic E-state index is 12.2. The predicted octanol–water partition coefficient (Wildman–Crippen LogP) is 7.36. The lowest BCUT2D eigenvalue weighted by Crippen LogP contribution is -2.10. The lowest BCUT2D eigenvalue weighted by Gasteiger charge is -2.10. The van der Waals surface area contributed by atoms with Gasteiger partial charge in [-0.2, -0.15) is 0 Å². The van der Waals surface area contributed by atoms with E-state index in [0.717, 1.165) is 0 Å². The molecule has 0 saturated heterocycles. The fourth-order valence-electron chi connectivity index (χ4n) is 2.81. The minimum atomic E-state index is -1.13. The van der Waals surface area contributed by atoms with Gasteiger partial charge in [-0.05, 0) is 47.7 Å². The van der Waals surface area contributed by atoms with Gasteiger partial charge in [0.25, 0.3) is 0 Å². The van der Waals surface area contributed by atoms with E-state index in [0.29, 0.717) is 16.9 Å². The van der Waals surface area contributed by atoms with E-state index in [1.165, 1.54) is 35.6 Å². The van der Waals surface area contributed by atoms with Crippen molar-refractivity contribution in [2.75, 3.05) is 13.2 Å². The number of hydrogen-bond donors (Lipinski definition) is 2. The zero-order valence-corrected chi connectivity index (χ0v) is 24.0. The van der Waals surface area contributed by atoms with Crippen molar-refractivity contribution < 1.29 is 38.9 Å². The summed E-state index contributed by atoms with van der Waals surface area (Å²) in [6.07, 6.45) is 0.504. The van der Waals surface area contributed by atoms with Crippen molar-refractivity contribution in [1.29, 1.82) is 0 Å². The molecule has 1 aromatic heterocycles. The van der Waals surface area contributed by atoms with Gasteiger partial charge in [0.2, 0.25) is 5.78 Å². The van der Waals surface area contributed by atoms with E-state index in [9.17, 15) is 19.2 Å². The molecule has 1 heterocycles. The second-order valence-electron chi connectivity index (χ2n) is 7.44. The topological polar surface area (TPSA) is 127 Å². The Hall–Kier alpha value is -3.08. The lowest BCUT2D eigenvalue weighted by atomic mass is 10.0. The van der Waals surface area contributed by atoms with Gasteiger partial charge < -0.3 is 19.7 Å². The third-order valence-corrected chi connectivity index (χ3v) is 7.38. The number of hydrogen-bond acceptors (Lipinski definition) is 7. The highest BCUT2D eigenvalue weighted by molar-refractivity contribution is 7.12. The molecule has 0 aliphatic heterocycles. The first-order chi connectivity index (χ1) is 18.4. The number of carbonyl (C=O) groups is 4. The van der Waals surface area contributed by atoms with Crippen LogP contribution in [0.4, 0.5) is 0 Å². The Balaban J connectivity index is 0.000000274. The van der Waals surface area contributed by atoms with E-state index in [-0.39, 0.29) is 54.3 Å². The van der Waals surface area contributed by atoms with Gasteiger partial charge in [-0.25, -0.2) is 9.59 Å². The Morgan fingerprint density at radius 3 is 1.72 bits per heavy atom. The fraction of sp³-hybridized carbons (Fsp3) is 0.154. The average molecular weight is 634 g/mol. The fourth-order valence-corrected chi connectivity index (χ4v) is 4.41. The van der Waals surface area contributed by atoms with Crippen molar-refractivity contribution in [3.63, 3.8) is 0 Å². The van der Waals surface area contributed by atoms with Crippen LogP contribution in [0.5, 0.6) is 11.5 Å². The maximum atomic E-state index is 12.2. The van der Waals surface area contributed by atoms with Crippen molar-refractivity contribution in [1.82, 2.24) is 0 Å². The van der Waals surface area contributed by atoms with Crippen LogP contribution in [-0.4, -0.2) is 46.9 Å². The van der Waals surface area contributed by atoms with Gasteiger partial charge in [0.05, 0.1) is 14.9 Å². The van der Waals surface area contributed by atoms with Crippen LogP contribution >= 0.6 is 57.7 Å². The molecule has 0 spiro atoms. The number of aliphatic carboxylic acids is 2. The Morgan fingerprint density at radius 1 is 0.795 bits per heavy atom. The predicted molar refractivity (Wildman–Crippen MR) is 151 cm³/mol. The van der Waals surface area contributed by atoms with E-state index in [1.807, 2.05) is 0 Å². The first-order valence-corrected chi connectivity index (χ1v) is 13.2. The molecular formula is C26H20Cl4O8S. The van der Waals surface area contributed by atoms with Gasteiger partial charge in [0.1, 0.15) is 21.5 Å². The molecule has 3 aromatic rings. The first-order valence-electron chi connectivity index (χ1n) is 10.8. The molecule has 8 nitrogen and oxygen atoms in total. The molecule has 13 heteroatoms. The molecule has 0 fully saturated rings. The van der Waals surface area contributed by atoms with Crippen LogP contribution in [0, 0.1) is 0 Å². The number of ether oxygens (including phenoxy) is 2. The average Bonchev–Trinajstić information content (AvgIpc) is 3.44. The summed E-state index contributed by atoms with van der Waals surface area (Å²) in [6.45, 7) is 4.38. The number of allylic oxidation sites excluding steroid dienone is 1. The van der Waals surface area contributed by atoms with Crippen LogP contribution < -0.4 is 9.47 Å². The number of rotatable bonds is 11. The molecule has 39 heavy (non-hydrogen) atoms. The van der Waals surface area contributed by atoms with Gasteiger partial charge in [0.15, 0.2) is 19.0 Å². The zero-order chi connectivity index (χ0) is 29.3. The molecule has 0 atom stereocenters. The Morgan fingerprint density at radius 2 is 1.28 bits per heavy atom. The molecule has 0 bridgehead atoms.